The third-order valence-corrected chi connectivity index (χ3v) is 6.96. The molecule has 5 heteroatoms. The Kier molecular flexibility index (Phi) is 7.81. The zero-order valence-corrected chi connectivity index (χ0v) is 19.8. The molecule has 0 aromatic heterocycles. The zero-order valence-electron chi connectivity index (χ0n) is 19.8. The third-order valence-electron chi connectivity index (χ3n) is 6.96. The van der Waals surface area contributed by atoms with Crippen molar-refractivity contribution >= 4 is 0 Å². The van der Waals surface area contributed by atoms with Gasteiger partial charge in [-0.25, -0.2) is 13.2 Å². The van der Waals surface area contributed by atoms with Gasteiger partial charge in [-0.1, -0.05) is 30.3 Å². The molecule has 0 saturated heterocycles. The fraction of sp³-hybridized carbons (Fsp3) is 0.379. The molecule has 0 bridgehead atoms. The van der Waals surface area contributed by atoms with Gasteiger partial charge in [0.1, 0.15) is 17.3 Å². The first-order valence-electron chi connectivity index (χ1n) is 12.0. The molecular formula is C29H31F3O2. The summed E-state index contributed by atoms with van der Waals surface area (Å²) >= 11 is 0. The number of methoxy groups -OCH3 is 1. The summed E-state index contributed by atoms with van der Waals surface area (Å²) < 4.78 is 54.8. The number of benzene rings is 3. The van der Waals surface area contributed by atoms with Crippen molar-refractivity contribution in [1.82, 2.24) is 0 Å². The van der Waals surface area contributed by atoms with Crippen LogP contribution in [0.15, 0.2) is 54.6 Å². The quantitative estimate of drug-likeness (QED) is 0.333. The molecule has 0 unspecified atom stereocenters. The van der Waals surface area contributed by atoms with E-state index in [0.29, 0.717) is 47.1 Å². The summed E-state index contributed by atoms with van der Waals surface area (Å²) in [6, 6.07) is 15.4. The molecule has 0 spiro atoms. The predicted octanol–water partition coefficient (Wildman–Crippen LogP) is 8.08. The minimum atomic E-state index is -0.796. The monoisotopic (exact) mass is 468 g/mol. The highest BCUT2D eigenvalue weighted by molar-refractivity contribution is 5.65. The molecule has 1 aliphatic carbocycles. The number of hydrogen-bond donors (Lipinski definition) is 0. The highest BCUT2D eigenvalue weighted by atomic mass is 19.2. The Hall–Kier alpha value is -2.95. The van der Waals surface area contributed by atoms with Crippen molar-refractivity contribution in [2.45, 2.75) is 51.4 Å². The molecule has 1 fully saturated rings. The fourth-order valence-corrected chi connectivity index (χ4v) is 4.98. The van der Waals surface area contributed by atoms with Gasteiger partial charge < -0.3 is 9.47 Å². The van der Waals surface area contributed by atoms with Crippen molar-refractivity contribution in [3.05, 3.63) is 83.2 Å². The molecule has 3 aromatic rings. The number of aryl methyl sites for hydroxylation is 1. The van der Waals surface area contributed by atoms with Crippen LogP contribution < -0.4 is 9.47 Å². The zero-order chi connectivity index (χ0) is 24.1. The lowest BCUT2D eigenvalue weighted by molar-refractivity contribution is 0.304. The molecule has 34 heavy (non-hydrogen) atoms. The molecule has 180 valence electrons. The van der Waals surface area contributed by atoms with Crippen LogP contribution in [0.25, 0.3) is 11.1 Å². The maximum absolute atomic E-state index is 15.0. The maximum Gasteiger partial charge on any atom is 0.166 e. The van der Waals surface area contributed by atoms with Crippen LogP contribution in [0.4, 0.5) is 13.2 Å². The van der Waals surface area contributed by atoms with Gasteiger partial charge in [0, 0.05) is 11.6 Å². The van der Waals surface area contributed by atoms with Crippen LogP contribution in [0, 0.1) is 23.4 Å². The van der Waals surface area contributed by atoms with E-state index in [4.69, 9.17) is 9.47 Å². The molecule has 0 N–H and O–H groups in total. The van der Waals surface area contributed by atoms with Gasteiger partial charge in [-0.15, -0.1) is 0 Å². The number of rotatable bonds is 8. The highest BCUT2D eigenvalue weighted by Crippen LogP contribution is 2.40. The number of halogens is 3. The van der Waals surface area contributed by atoms with E-state index in [-0.39, 0.29) is 17.3 Å². The summed E-state index contributed by atoms with van der Waals surface area (Å²) in [7, 11) is 1.57. The van der Waals surface area contributed by atoms with Crippen LogP contribution in [0.2, 0.25) is 0 Å². The van der Waals surface area contributed by atoms with Crippen molar-refractivity contribution in [3.63, 3.8) is 0 Å². The maximum atomic E-state index is 15.0. The van der Waals surface area contributed by atoms with Crippen molar-refractivity contribution in [1.29, 1.82) is 0 Å². The molecule has 3 aromatic carbocycles. The number of ether oxygens (including phenoxy) is 2. The van der Waals surface area contributed by atoms with Crippen LogP contribution in [-0.4, -0.2) is 13.7 Å². The van der Waals surface area contributed by atoms with Crippen LogP contribution in [0.3, 0.4) is 0 Å². The first-order valence-corrected chi connectivity index (χ1v) is 12.0. The fourth-order valence-electron chi connectivity index (χ4n) is 4.98. The van der Waals surface area contributed by atoms with Gasteiger partial charge in [-0.05, 0) is 92.2 Å². The molecular weight excluding hydrogens is 437 g/mol. The van der Waals surface area contributed by atoms with E-state index in [2.05, 4.69) is 0 Å². The van der Waals surface area contributed by atoms with E-state index in [1.54, 1.807) is 49.6 Å². The largest absolute Gasteiger partial charge is 0.497 e. The lowest BCUT2D eigenvalue weighted by atomic mass is 9.76. The minimum Gasteiger partial charge on any atom is -0.497 e. The Balaban J connectivity index is 1.36. The number of hydrogen-bond acceptors (Lipinski definition) is 2. The molecule has 2 nitrogen and oxygen atoms in total. The second-order valence-electron chi connectivity index (χ2n) is 9.00. The van der Waals surface area contributed by atoms with Crippen LogP contribution in [0.5, 0.6) is 11.5 Å². The Morgan fingerprint density at radius 1 is 0.824 bits per heavy atom. The average Bonchev–Trinajstić information content (AvgIpc) is 2.86. The summed E-state index contributed by atoms with van der Waals surface area (Å²) in [5, 5.41) is 0. The Morgan fingerprint density at radius 2 is 1.53 bits per heavy atom. The predicted molar refractivity (Wildman–Crippen MR) is 129 cm³/mol. The van der Waals surface area contributed by atoms with E-state index in [1.807, 2.05) is 13.0 Å². The van der Waals surface area contributed by atoms with Gasteiger partial charge in [0.05, 0.1) is 13.7 Å². The SMILES string of the molecule is CCOc1ccc(CCC2CCC(c3ccc(-c4ccc(OC)cc4)c(F)c3F)CC2)c(F)c1. The molecule has 0 amide bonds. The first kappa shape index (κ1) is 24.2. The van der Waals surface area contributed by atoms with Crippen molar-refractivity contribution in [2.75, 3.05) is 13.7 Å². The summed E-state index contributed by atoms with van der Waals surface area (Å²) in [6.45, 7) is 2.38. The molecule has 0 atom stereocenters. The second kappa shape index (κ2) is 11.0. The molecule has 0 aliphatic heterocycles. The van der Waals surface area contributed by atoms with Gasteiger partial charge in [0.2, 0.25) is 0 Å². The van der Waals surface area contributed by atoms with Gasteiger partial charge in [-0.2, -0.15) is 0 Å². The minimum absolute atomic E-state index is 0.0119. The standard InChI is InChI=1S/C29H31F3O2/c1-3-34-24-15-12-22(27(30)18-24)9-6-19-4-7-20(8-5-19)25-16-17-26(29(32)28(25)31)21-10-13-23(33-2)14-11-21/h10-20H,3-9H2,1-2H3. The van der Waals surface area contributed by atoms with Crippen LogP contribution in [0.1, 0.15) is 56.1 Å². The summed E-state index contributed by atoms with van der Waals surface area (Å²) in [5.74, 6) is -0.0653. The smallest absolute Gasteiger partial charge is 0.166 e. The Bertz CT molecular complexity index is 1100. The highest BCUT2D eigenvalue weighted by Gasteiger charge is 2.26. The van der Waals surface area contributed by atoms with Crippen LogP contribution in [-0.2, 0) is 6.42 Å². The van der Waals surface area contributed by atoms with Crippen LogP contribution >= 0.6 is 0 Å². The van der Waals surface area contributed by atoms with Crippen molar-refractivity contribution in [2.24, 2.45) is 5.92 Å². The molecule has 4 rings (SSSR count). The lowest BCUT2D eigenvalue weighted by Crippen LogP contribution is -2.15. The molecule has 0 heterocycles. The van der Waals surface area contributed by atoms with Gasteiger partial charge >= 0.3 is 0 Å². The topological polar surface area (TPSA) is 18.5 Å². The second-order valence-corrected chi connectivity index (χ2v) is 9.00. The third kappa shape index (κ3) is 5.40. The van der Waals surface area contributed by atoms with E-state index in [9.17, 15) is 8.78 Å². The van der Waals surface area contributed by atoms with Gasteiger partial charge in [-0.3, -0.25) is 0 Å². The molecule has 0 radical (unpaired) electrons. The summed E-state index contributed by atoms with van der Waals surface area (Å²) in [6.07, 6.45) is 5.07. The summed E-state index contributed by atoms with van der Waals surface area (Å²) in [5.41, 5.74) is 2.04. The summed E-state index contributed by atoms with van der Waals surface area (Å²) in [4.78, 5) is 0. The normalized spacial score (nSPS) is 18.0. The van der Waals surface area contributed by atoms with Crippen molar-refractivity contribution in [3.8, 4) is 22.6 Å². The van der Waals surface area contributed by atoms with Gasteiger partial charge in [0.15, 0.2) is 11.6 Å². The van der Waals surface area contributed by atoms with E-state index in [1.165, 1.54) is 6.07 Å². The average molecular weight is 469 g/mol. The first-order chi connectivity index (χ1) is 16.5. The van der Waals surface area contributed by atoms with Gasteiger partial charge in [0.25, 0.3) is 0 Å². The van der Waals surface area contributed by atoms with E-state index < -0.39 is 11.6 Å². The lowest BCUT2D eigenvalue weighted by Gasteiger charge is -2.29. The molecule has 1 aliphatic rings. The molecule has 1 saturated carbocycles. The Labute approximate surface area is 199 Å². The van der Waals surface area contributed by atoms with E-state index >= 15 is 4.39 Å². The van der Waals surface area contributed by atoms with E-state index in [0.717, 1.165) is 32.1 Å². The van der Waals surface area contributed by atoms with Crippen molar-refractivity contribution < 1.29 is 22.6 Å². The Morgan fingerprint density at radius 3 is 2.18 bits per heavy atom.